The molecule has 0 aliphatic carbocycles. The predicted molar refractivity (Wildman–Crippen MR) is 86.3 cm³/mol. The third-order valence-electron chi connectivity index (χ3n) is 4.28. The van der Waals surface area contributed by atoms with Crippen molar-refractivity contribution >= 4 is 22.3 Å². The summed E-state index contributed by atoms with van der Waals surface area (Å²) in [6.07, 6.45) is 1.08. The summed E-state index contributed by atoms with van der Waals surface area (Å²) in [4.78, 5) is 2.38. The van der Waals surface area contributed by atoms with Crippen LogP contribution in [0.4, 0.5) is 11.4 Å². The Balaban J connectivity index is 1.73. The highest BCUT2D eigenvalue weighted by Crippen LogP contribution is 2.32. The monoisotopic (exact) mass is 278 g/mol. The maximum absolute atomic E-state index is 5.93. The van der Waals surface area contributed by atoms with Crippen LogP contribution in [0, 0.1) is 0 Å². The van der Waals surface area contributed by atoms with Crippen molar-refractivity contribution in [2.75, 3.05) is 17.2 Å². The molecule has 0 unspecified atom stereocenters. The van der Waals surface area contributed by atoms with Gasteiger partial charge < -0.3 is 10.6 Å². The molecule has 0 radical (unpaired) electrons. The Hall–Kier alpha value is -2.49. The Morgan fingerprint density at radius 1 is 1.19 bits per heavy atom. The predicted octanol–water partition coefficient (Wildman–Crippen LogP) is 2.72. The van der Waals surface area contributed by atoms with Gasteiger partial charge in [0.2, 0.25) is 0 Å². The molecule has 0 spiro atoms. The fraction of sp³-hybridized carbons (Fsp3) is 0.235. The Morgan fingerprint density at radius 2 is 2.05 bits per heavy atom. The van der Waals surface area contributed by atoms with Crippen LogP contribution in [0.5, 0.6) is 0 Å². The van der Waals surface area contributed by atoms with Crippen molar-refractivity contribution in [2.24, 2.45) is 7.05 Å². The van der Waals surface area contributed by atoms with Crippen LogP contribution in [-0.4, -0.2) is 16.3 Å². The summed E-state index contributed by atoms with van der Waals surface area (Å²) < 4.78 is 1.96. The number of anilines is 2. The number of rotatable bonds is 2. The van der Waals surface area contributed by atoms with Crippen molar-refractivity contribution in [3.8, 4) is 0 Å². The van der Waals surface area contributed by atoms with E-state index in [-0.39, 0.29) is 0 Å². The molecular weight excluding hydrogens is 260 g/mol. The molecule has 0 fully saturated rings. The second-order valence-corrected chi connectivity index (χ2v) is 5.65. The zero-order valence-corrected chi connectivity index (χ0v) is 12.1. The summed E-state index contributed by atoms with van der Waals surface area (Å²) >= 11 is 0. The van der Waals surface area contributed by atoms with Crippen molar-refractivity contribution in [2.45, 2.75) is 13.0 Å². The van der Waals surface area contributed by atoms with Crippen molar-refractivity contribution in [1.82, 2.24) is 9.78 Å². The van der Waals surface area contributed by atoms with Gasteiger partial charge in [0.1, 0.15) is 0 Å². The smallest absolute Gasteiger partial charge is 0.0896 e. The number of hydrogen-bond donors (Lipinski definition) is 1. The summed E-state index contributed by atoms with van der Waals surface area (Å²) in [6.45, 7) is 1.86. The molecule has 1 aromatic heterocycles. The number of nitrogens with two attached hydrogens (primary N) is 1. The van der Waals surface area contributed by atoms with Gasteiger partial charge in [0, 0.05) is 30.4 Å². The minimum atomic E-state index is 0.825. The molecule has 2 heterocycles. The number of fused-ring (bicyclic) bond motifs is 2. The zero-order chi connectivity index (χ0) is 14.4. The number of hydrogen-bond acceptors (Lipinski definition) is 3. The number of para-hydroxylation sites is 1. The van der Waals surface area contributed by atoms with E-state index < -0.39 is 0 Å². The van der Waals surface area contributed by atoms with Gasteiger partial charge in [0.15, 0.2) is 0 Å². The minimum absolute atomic E-state index is 0.825. The number of nitrogens with zero attached hydrogens (tertiary/aromatic N) is 3. The quantitative estimate of drug-likeness (QED) is 0.733. The molecule has 0 bridgehead atoms. The van der Waals surface area contributed by atoms with Gasteiger partial charge in [-0.1, -0.05) is 24.3 Å². The Bertz CT molecular complexity index is 819. The molecule has 0 saturated heterocycles. The van der Waals surface area contributed by atoms with E-state index in [0.29, 0.717) is 0 Å². The first-order valence-corrected chi connectivity index (χ1v) is 7.26. The second kappa shape index (κ2) is 4.52. The van der Waals surface area contributed by atoms with Crippen LogP contribution in [-0.2, 0) is 20.0 Å². The maximum atomic E-state index is 5.93. The molecule has 106 valence electrons. The van der Waals surface area contributed by atoms with Crippen LogP contribution < -0.4 is 10.6 Å². The van der Waals surface area contributed by atoms with Gasteiger partial charge in [-0.05, 0) is 30.2 Å². The lowest BCUT2D eigenvalue weighted by atomic mass is 10.1. The molecule has 0 saturated carbocycles. The molecule has 0 atom stereocenters. The molecule has 4 rings (SSSR count). The van der Waals surface area contributed by atoms with Gasteiger partial charge in [-0.2, -0.15) is 5.10 Å². The lowest BCUT2D eigenvalue weighted by Gasteiger charge is -2.18. The second-order valence-electron chi connectivity index (χ2n) is 5.65. The maximum Gasteiger partial charge on any atom is 0.0896 e. The van der Waals surface area contributed by atoms with E-state index >= 15 is 0 Å². The highest BCUT2D eigenvalue weighted by atomic mass is 15.3. The van der Waals surface area contributed by atoms with Crippen LogP contribution in [0.15, 0.2) is 42.5 Å². The highest BCUT2D eigenvalue weighted by molar-refractivity contribution is 5.82. The van der Waals surface area contributed by atoms with E-state index in [1.54, 1.807) is 0 Å². The highest BCUT2D eigenvalue weighted by Gasteiger charge is 2.21. The molecular formula is C17H18N4. The molecule has 2 aromatic carbocycles. The van der Waals surface area contributed by atoms with E-state index in [0.717, 1.165) is 30.9 Å². The van der Waals surface area contributed by atoms with Crippen molar-refractivity contribution in [3.05, 3.63) is 53.7 Å². The van der Waals surface area contributed by atoms with Gasteiger partial charge in [-0.3, -0.25) is 4.68 Å². The third-order valence-corrected chi connectivity index (χ3v) is 4.28. The minimum Gasteiger partial charge on any atom is -0.399 e. The first kappa shape index (κ1) is 12.3. The summed E-state index contributed by atoms with van der Waals surface area (Å²) in [5.74, 6) is 0. The molecule has 0 amide bonds. The van der Waals surface area contributed by atoms with Crippen LogP contribution in [0.3, 0.4) is 0 Å². The van der Waals surface area contributed by atoms with Crippen LogP contribution in [0.1, 0.15) is 11.3 Å². The summed E-state index contributed by atoms with van der Waals surface area (Å²) in [7, 11) is 2.00. The first-order chi connectivity index (χ1) is 10.2. The van der Waals surface area contributed by atoms with Gasteiger partial charge in [-0.25, -0.2) is 0 Å². The van der Waals surface area contributed by atoms with E-state index in [4.69, 9.17) is 10.8 Å². The Kier molecular flexibility index (Phi) is 2.64. The average Bonchev–Trinajstić information content (AvgIpc) is 3.02. The molecule has 4 nitrogen and oxygen atoms in total. The molecule has 3 aromatic rings. The lowest BCUT2D eigenvalue weighted by molar-refractivity contribution is 0.741. The summed E-state index contributed by atoms with van der Waals surface area (Å²) in [5, 5.41) is 5.93. The number of benzene rings is 2. The van der Waals surface area contributed by atoms with Gasteiger partial charge in [0.25, 0.3) is 0 Å². The average molecular weight is 278 g/mol. The summed E-state index contributed by atoms with van der Waals surface area (Å²) in [5.41, 5.74) is 11.7. The molecule has 1 aliphatic heterocycles. The normalized spacial score (nSPS) is 13.9. The van der Waals surface area contributed by atoms with Crippen molar-refractivity contribution in [3.63, 3.8) is 0 Å². The molecule has 1 aliphatic rings. The lowest BCUT2D eigenvalue weighted by Crippen LogP contribution is -2.20. The van der Waals surface area contributed by atoms with E-state index in [9.17, 15) is 0 Å². The van der Waals surface area contributed by atoms with Crippen LogP contribution in [0.2, 0.25) is 0 Å². The van der Waals surface area contributed by atoms with Crippen LogP contribution >= 0.6 is 0 Å². The van der Waals surface area contributed by atoms with Gasteiger partial charge >= 0.3 is 0 Å². The van der Waals surface area contributed by atoms with Gasteiger partial charge in [0.05, 0.1) is 17.8 Å². The molecule has 2 N–H and O–H groups in total. The van der Waals surface area contributed by atoms with E-state index in [2.05, 4.69) is 41.3 Å². The fourth-order valence-corrected chi connectivity index (χ4v) is 3.21. The fourth-order valence-electron chi connectivity index (χ4n) is 3.21. The molecule has 4 heteroatoms. The van der Waals surface area contributed by atoms with Gasteiger partial charge in [-0.15, -0.1) is 0 Å². The number of nitrogen functional groups attached to an aromatic ring is 1. The van der Waals surface area contributed by atoms with E-state index in [1.807, 2.05) is 17.8 Å². The SMILES string of the molecule is Cn1nc(CN2CCc3ccc(N)cc32)c2ccccc21. The topological polar surface area (TPSA) is 47.1 Å². The summed E-state index contributed by atoms with van der Waals surface area (Å²) in [6, 6.07) is 14.6. The standard InChI is InChI=1S/C17H18N4/c1-20-16-5-3-2-4-14(16)15(19-20)11-21-9-8-12-6-7-13(18)10-17(12)21/h2-7,10H,8-9,11,18H2,1H3. The number of aryl methyl sites for hydroxylation is 1. The molecule has 21 heavy (non-hydrogen) atoms. The third kappa shape index (κ3) is 1.95. The largest absolute Gasteiger partial charge is 0.399 e. The van der Waals surface area contributed by atoms with Crippen molar-refractivity contribution < 1.29 is 0 Å². The van der Waals surface area contributed by atoms with E-state index in [1.165, 1.54) is 22.2 Å². The Morgan fingerprint density at radius 3 is 2.95 bits per heavy atom. The number of aromatic nitrogens is 2. The zero-order valence-electron chi connectivity index (χ0n) is 12.1. The Labute approximate surface area is 123 Å². The van der Waals surface area contributed by atoms with Crippen LogP contribution in [0.25, 0.3) is 10.9 Å². The van der Waals surface area contributed by atoms with Crippen molar-refractivity contribution in [1.29, 1.82) is 0 Å². The first-order valence-electron chi connectivity index (χ1n) is 7.26.